The first kappa shape index (κ1) is 18.6. The minimum atomic E-state index is -1.04. The molecule has 6 heteroatoms. The topological polar surface area (TPSA) is 88.8 Å². The van der Waals surface area contributed by atoms with Crippen LogP contribution in [0.5, 0.6) is 5.75 Å². The third-order valence-corrected chi connectivity index (χ3v) is 3.69. The van der Waals surface area contributed by atoms with Crippen molar-refractivity contribution >= 4 is 11.9 Å². The predicted molar refractivity (Wildman–Crippen MR) is 92.9 cm³/mol. The molecule has 1 aromatic carbocycles. The van der Waals surface area contributed by atoms with Crippen molar-refractivity contribution in [3.8, 4) is 5.75 Å². The van der Waals surface area contributed by atoms with Crippen LogP contribution in [0.2, 0.25) is 0 Å². The van der Waals surface area contributed by atoms with Crippen molar-refractivity contribution in [1.29, 1.82) is 0 Å². The maximum Gasteiger partial charge on any atom is 0.311 e. The molecule has 0 fully saturated rings. The lowest BCUT2D eigenvalue weighted by Gasteiger charge is -2.16. The third-order valence-electron chi connectivity index (χ3n) is 3.69. The van der Waals surface area contributed by atoms with Gasteiger partial charge in [-0.25, -0.2) is 0 Å². The molecule has 2 aromatic rings. The number of amides is 1. The number of hydrogen-bond acceptors (Lipinski definition) is 4. The zero-order chi connectivity index (χ0) is 18.6. The summed E-state index contributed by atoms with van der Waals surface area (Å²) in [4.78, 5) is 23.4. The van der Waals surface area contributed by atoms with Gasteiger partial charge < -0.3 is 19.6 Å². The number of benzene rings is 1. The van der Waals surface area contributed by atoms with Crippen molar-refractivity contribution in [2.75, 3.05) is 0 Å². The molecule has 1 aromatic heterocycles. The van der Waals surface area contributed by atoms with Crippen molar-refractivity contribution in [3.05, 3.63) is 53.0 Å². The molecular weight excluding hydrogens is 322 g/mol. The fourth-order valence-electron chi connectivity index (χ4n) is 2.53. The van der Waals surface area contributed by atoms with Crippen LogP contribution in [-0.4, -0.2) is 23.1 Å². The standard InChI is InChI=1S/C19H23NO5/c1-11(2)25-15-7-5-14(6-8-15)13(4)20-19(23)18-12(3)10-24-16(18)9-17(21)22/h5-8,10-11,13H,9H2,1-4H3,(H,20,23)(H,21,22). The molecule has 0 spiro atoms. The number of aryl methyl sites for hydroxylation is 1. The van der Waals surface area contributed by atoms with Crippen LogP contribution >= 0.6 is 0 Å². The van der Waals surface area contributed by atoms with Gasteiger partial charge in [-0.1, -0.05) is 12.1 Å². The normalized spacial score (nSPS) is 12.0. The Kier molecular flexibility index (Phi) is 5.85. The molecule has 2 N–H and O–H groups in total. The van der Waals surface area contributed by atoms with E-state index in [-0.39, 0.29) is 35.8 Å². The quantitative estimate of drug-likeness (QED) is 0.802. The molecule has 2 rings (SSSR count). The molecule has 134 valence electrons. The average Bonchev–Trinajstić information content (AvgIpc) is 2.87. The summed E-state index contributed by atoms with van der Waals surface area (Å²) in [6.45, 7) is 7.49. The second kappa shape index (κ2) is 7.88. The van der Waals surface area contributed by atoms with Crippen molar-refractivity contribution < 1.29 is 23.8 Å². The zero-order valence-electron chi connectivity index (χ0n) is 14.8. The molecule has 0 radical (unpaired) electrons. The van der Waals surface area contributed by atoms with Gasteiger partial charge >= 0.3 is 5.97 Å². The van der Waals surface area contributed by atoms with Crippen LogP contribution in [0, 0.1) is 6.92 Å². The van der Waals surface area contributed by atoms with Crippen molar-refractivity contribution in [1.82, 2.24) is 5.32 Å². The van der Waals surface area contributed by atoms with Crippen molar-refractivity contribution in [2.24, 2.45) is 0 Å². The Balaban J connectivity index is 2.10. The number of hydrogen-bond donors (Lipinski definition) is 2. The van der Waals surface area contributed by atoms with Crippen LogP contribution in [0.4, 0.5) is 0 Å². The van der Waals surface area contributed by atoms with Crippen LogP contribution in [0.1, 0.15) is 54.1 Å². The summed E-state index contributed by atoms with van der Waals surface area (Å²) in [7, 11) is 0. The van der Waals surface area contributed by atoms with Crippen LogP contribution in [-0.2, 0) is 11.2 Å². The number of ether oxygens (including phenoxy) is 1. The molecule has 0 saturated carbocycles. The van der Waals surface area contributed by atoms with E-state index in [0.29, 0.717) is 5.56 Å². The monoisotopic (exact) mass is 345 g/mol. The zero-order valence-corrected chi connectivity index (χ0v) is 14.8. The predicted octanol–water partition coefficient (Wildman–Crippen LogP) is 3.49. The average molecular weight is 345 g/mol. The van der Waals surface area contributed by atoms with E-state index in [4.69, 9.17) is 14.3 Å². The fourth-order valence-corrected chi connectivity index (χ4v) is 2.53. The van der Waals surface area contributed by atoms with E-state index in [1.807, 2.05) is 45.0 Å². The van der Waals surface area contributed by atoms with Gasteiger partial charge in [0.1, 0.15) is 17.9 Å². The maximum atomic E-state index is 12.5. The Morgan fingerprint density at radius 2 is 1.84 bits per heavy atom. The Morgan fingerprint density at radius 1 is 1.20 bits per heavy atom. The summed E-state index contributed by atoms with van der Waals surface area (Å²) in [6.07, 6.45) is 1.17. The van der Waals surface area contributed by atoms with E-state index in [0.717, 1.165) is 11.3 Å². The molecule has 0 saturated heterocycles. The second-order valence-electron chi connectivity index (χ2n) is 6.22. The molecule has 1 amide bonds. The van der Waals surface area contributed by atoms with Gasteiger partial charge in [-0.2, -0.15) is 0 Å². The Bertz CT molecular complexity index is 746. The van der Waals surface area contributed by atoms with Gasteiger partial charge in [-0.05, 0) is 45.4 Å². The lowest BCUT2D eigenvalue weighted by molar-refractivity contribution is -0.136. The Hall–Kier alpha value is -2.76. The highest BCUT2D eigenvalue weighted by Gasteiger charge is 2.22. The number of rotatable bonds is 7. The van der Waals surface area contributed by atoms with Gasteiger partial charge in [0, 0.05) is 5.56 Å². The number of aliphatic carboxylic acids is 1. The highest BCUT2D eigenvalue weighted by molar-refractivity contribution is 5.97. The maximum absolute atomic E-state index is 12.5. The largest absolute Gasteiger partial charge is 0.491 e. The number of carboxylic acid groups (broad SMARTS) is 1. The molecule has 25 heavy (non-hydrogen) atoms. The van der Waals surface area contributed by atoms with E-state index in [9.17, 15) is 9.59 Å². The molecule has 1 heterocycles. The van der Waals surface area contributed by atoms with E-state index in [2.05, 4.69) is 5.32 Å². The first-order valence-electron chi connectivity index (χ1n) is 8.14. The van der Waals surface area contributed by atoms with Gasteiger partial charge in [0.05, 0.1) is 24.0 Å². The highest BCUT2D eigenvalue weighted by Crippen LogP contribution is 2.21. The number of furan rings is 1. The summed E-state index contributed by atoms with van der Waals surface area (Å²) < 4.78 is 10.8. The molecule has 6 nitrogen and oxygen atoms in total. The molecule has 0 aliphatic heterocycles. The van der Waals surface area contributed by atoms with Crippen LogP contribution < -0.4 is 10.1 Å². The molecule has 0 aliphatic carbocycles. The third kappa shape index (κ3) is 4.86. The summed E-state index contributed by atoms with van der Waals surface area (Å²) in [5.74, 6) is -0.461. The van der Waals surface area contributed by atoms with Crippen LogP contribution in [0.15, 0.2) is 34.9 Å². The van der Waals surface area contributed by atoms with E-state index in [1.165, 1.54) is 6.26 Å². The summed E-state index contributed by atoms with van der Waals surface area (Å²) >= 11 is 0. The fraction of sp³-hybridized carbons (Fsp3) is 0.368. The summed E-state index contributed by atoms with van der Waals surface area (Å²) in [5.41, 5.74) is 1.82. The first-order valence-corrected chi connectivity index (χ1v) is 8.14. The first-order chi connectivity index (χ1) is 11.8. The molecule has 0 bridgehead atoms. The van der Waals surface area contributed by atoms with Crippen LogP contribution in [0.3, 0.4) is 0 Å². The molecule has 1 unspecified atom stereocenters. The SMILES string of the molecule is Cc1coc(CC(=O)O)c1C(=O)NC(C)c1ccc(OC(C)C)cc1. The van der Waals surface area contributed by atoms with E-state index < -0.39 is 5.97 Å². The molecule has 1 atom stereocenters. The van der Waals surface area contributed by atoms with Gasteiger partial charge in [-0.15, -0.1) is 0 Å². The van der Waals surface area contributed by atoms with E-state index in [1.54, 1.807) is 6.92 Å². The Labute approximate surface area is 146 Å². The van der Waals surface area contributed by atoms with Gasteiger partial charge in [0.25, 0.3) is 5.91 Å². The minimum Gasteiger partial charge on any atom is -0.491 e. The Morgan fingerprint density at radius 3 is 2.40 bits per heavy atom. The lowest BCUT2D eigenvalue weighted by atomic mass is 10.1. The second-order valence-corrected chi connectivity index (χ2v) is 6.22. The van der Waals surface area contributed by atoms with Gasteiger partial charge in [0.2, 0.25) is 0 Å². The van der Waals surface area contributed by atoms with Crippen molar-refractivity contribution in [2.45, 2.75) is 46.3 Å². The van der Waals surface area contributed by atoms with Crippen LogP contribution in [0.25, 0.3) is 0 Å². The molecular formula is C19H23NO5. The number of nitrogens with one attached hydrogen (secondary N) is 1. The smallest absolute Gasteiger partial charge is 0.311 e. The van der Waals surface area contributed by atoms with Gasteiger partial charge in [-0.3, -0.25) is 9.59 Å². The summed E-state index contributed by atoms with van der Waals surface area (Å²) in [6, 6.07) is 7.26. The van der Waals surface area contributed by atoms with E-state index >= 15 is 0 Å². The lowest BCUT2D eigenvalue weighted by Crippen LogP contribution is -2.28. The molecule has 0 aliphatic rings. The number of carbonyl (C=O) groups excluding carboxylic acids is 1. The highest BCUT2D eigenvalue weighted by atomic mass is 16.5. The summed E-state index contributed by atoms with van der Waals surface area (Å²) in [5, 5.41) is 11.8. The minimum absolute atomic E-state index is 0.0969. The number of carbonyl (C=O) groups is 2. The van der Waals surface area contributed by atoms with Gasteiger partial charge in [0.15, 0.2) is 0 Å². The van der Waals surface area contributed by atoms with Crippen molar-refractivity contribution in [3.63, 3.8) is 0 Å². The number of carboxylic acids is 1.